The topological polar surface area (TPSA) is 187 Å². The zero-order valence-electron chi connectivity index (χ0n) is 25.3. The largest absolute Gasteiger partial charge is 0.504 e. The zero-order valence-corrected chi connectivity index (χ0v) is 26.9. The quantitative estimate of drug-likeness (QED) is 0.111. The summed E-state index contributed by atoms with van der Waals surface area (Å²) >= 11 is 1.85. The van der Waals surface area contributed by atoms with Crippen LogP contribution in [0.25, 0.3) is 0 Å². The number of carbonyl (C=O) groups is 4. The fourth-order valence-corrected chi connectivity index (χ4v) is 8.50. The Balaban J connectivity index is 1.36. The van der Waals surface area contributed by atoms with Gasteiger partial charge < -0.3 is 19.9 Å². The second kappa shape index (κ2) is 13.0. The van der Waals surface area contributed by atoms with E-state index in [2.05, 4.69) is 5.32 Å². The maximum Gasteiger partial charge on any atom is 0.338 e. The number of nitrogens with one attached hydrogen (secondary N) is 1. The summed E-state index contributed by atoms with van der Waals surface area (Å²) in [7, 11) is 1.36. The van der Waals surface area contributed by atoms with Gasteiger partial charge in [-0.3, -0.25) is 33.9 Å². The molecular formula is C32H26N4O10S2. The average Bonchev–Trinajstić information content (AvgIpc) is 3.51. The van der Waals surface area contributed by atoms with Crippen LogP contribution < -0.4 is 19.8 Å². The normalized spacial score (nSPS) is 18.2. The van der Waals surface area contributed by atoms with Crippen molar-refractivity contribution in [2.75, 3.05) is 23.9 Å². The van der Waals surface area contributed by atoms with Gasteiger partial charge in [-0.1, -0.05) is 29.2 Å². The minimum absolute atomic E-state index is 0.118. The lowest BCUT2D eigenvalue weighted by Crippen LogP contribution is -2.33. The molecule has 2 N–H and O–H groups in total. The highest BCUT2D eigenvalue weighted by atomic mass is 32.2. The Hall–Kier alpha value is -5.48. The van der Waals surface area contributed by atoms with E-state index in [1.807, 2.05) is 0 Å². The number of hydrogen-bond acceptors (Lipinski definition) is 12. The van der Waals surface area contributed by atoms with Gasteiger partial charge in [0.15, 0.2) is 11.5 Å². The number of phenols is 1. The number of nitrogens with zero attached hydrogens (tertiary/aromatic N) is 3. The van der Waals surface area contributed by atoms with E-state index in [0.717, 1.165) is 28.0 Å². The Morgan fingerprint density at radius 2 is 1.73 bits per heavy atom. The predicted molar refractivity (Wildman–Crippen MR) is 175 cm³/mol. The van der Waals surface area contributed by atoms with Crippen LogP contribution in [0.5, 0.6) is 11.5 Å². The minimum atomic E-state index is -1.01. The average molecular weight is 691 g/mol. The second-order valence-corrected chi connectivity index (χ2v) is 12.9. The number of ether oxygens (including phenoxy) is 2. The Kier molecular flexibility index (Phi) is 8.77. The molecule has 3 atom stereocenters. The van der Waals surface area contributed by atoms with Crippen LogP contribution >= 0.6 is 23.1 Å². The van der Waals surface area contributed by atoms with Crippen molar-refractivity contribution in [1.29, 1.82) is 0 Å². The van der Waals surface area contributed by atoms with Gasteiger partial charge in [0.1, 0.15) is 11.8 Å². The number of nitro groups is 1. The molecule has 0 aliphatic carbocycles. The first-order valence-electron chi connectivity index (χ1n) is 14.5. The first kappa shape index (κ1) is 32.5. The van der Waals surface area contributed by atoms with E-state index >= 15 is 0 Å². The molecule has 0 spiro atoms. The van der Waals surface area contributed by atoms with Crippen LogP contribution in [0.4, 0.5) is 17.1 Å². The van der Waals surface area contributed by atoms with Crippen LogP contribution in [0.15, 0.2) is 76.6 Å². The molecule has 14 nitrogen and oxygen atoms in total. The highest BCUT2D eigenvalue weighted by Gasteiger charge is 2.57. The van der Waals surface area contributed by atoms with Gasteiger partial charge in [-0.15, -0.1) is 0 Å². The van der Waals surface area contributed by atoms with Crippen molar-refractivity contribution in [3.8, 4) is 11.5 Å². The number of thiazole rings is 1. The second-order valence-electron chi connectivity index (χ2n) is 10.7. The number of benzene rings is 3. The maximum absolute atomic E-state index is 14.1. The number of thioether (sulfide) groups is 1. The van der Waals surface area contributed by atoms with Crippen molar-refractivity contribution in [2.45, 2.75) is 29.7 Å². The standard InChI is InChI=1S/C32H26N4O10S2/c1-3-46-31(41)16-4-7-18(8-5-16)33-23(38)15-34-30-27(48-32(34)42)24(17-6-13-21(37)22(14-17)45-2)25-26(47-30)29(40)35(28(25)39)19-9-11-20(12-10-19)36(43)44/h4-14,24-26,37H,3,15H2,1-2H3,(H,33,38). The molecule has 2 aliphatic rings. The van der Waals surface area contributed by atoms with Gasteiger partial charge in [-0.05, 0) is 61.0 Å². The first-order chi connectivity index (χ1) is 23.0. The van der Waals surface area contributed by atoms with Gasteiger partial charge in [0.2, 0.25) is 17.7 Å². The number of esters is 1. The summed E-state index contributed by atoms with van der Waals surface area (Å²) in [6, 6.07) is 15.6. The van der Waals surface area contributed by atoms with Gasteiger partial charge >= 0.3 is 10.8 Å². The van der Waals surface area contributed by atoms with Crippen LogP contribution in [-0.4, -0.2) is 57.3 Å². The number of methoxy groups -OCH3 is 1. The van der Waals surface area contributed by atoms with Crippen LogP contribution in [-0.2, 0) is 25.7 Å². The van der Waals surface area contributed by atoms with E-state index in [-0.39, 0.29) is 29.5 Å². The fourth-order valence-electron chi connectivity index (χ4n) is 5.73. The van der Waals surface area contributed by atoms with Crippen LogP contribution in [0.1, 0.15) is 33.6 Å². The van der Waals surface area contributed by atoms with Crippen LogP contribution in [0, 0.1) is 16.0 Å². The monoisotopic (exact) mass is 690 g/mol. The number of hydrogen-bond donors (Lipinski definition) is 2. The third-order valence-electron chi connectivity index (χ3n) is 7.91. The highest BCUT2D eigenvalue weighted by molar-refractivity contribution is 8.00. The molecule has 246 valence electrons. The number of phenolic OH excluding ortho intramolecular Hbond substituents is 1. The zero-order chi connectivity index (χ0) is 34.3. The van der Waals surface area contributed by atoms with Crippen molar-refractivity contribution in [3.63, 3.8) is 0 Å². The van der Waals surface area contributed by atoms with E-state index in [1.165, 1.54) is 72.3 Å². The molecule has 1 aromatic heterocycles. The van der Waals surface area contributed by atoms with E-state index in [0.29, 0.717) is 26.7 Å². The molecule has 4 aromatic rings. The lowest BCUT2D eigenvalue weighted by Gasteiger charge is -2.31. The summed E-state index contributed by atoms with van der Waals surface area (Å²) in [6.45, 7) is 1.50. The van der Waals surface area contributed by atoms with Crippen molar-refractivity contribution in [2.24, 2.45) is 5.92 Å². The molecule has 2 aliphatic heterocycles. The number of non-ortho nitro benzene ring substituents is 1. The summed E-state index contributed by atoms with van der Waals surface area (Å²) in [5.41, 5.74) is 1.12. The van der Waals surface area contributed by atoms with Gasteiger partial charge in [-0.2, -0.15) is 0 Å². The fraction of sp³-hybridized carbons (Fsp3) is 0.219. The summed E-state index contributed by atoms with van der Waals surface area (Å²) in [5.74, 6) is -4.05. The summed E-state index contributed by atoms with van der Waals surface area (Å²) in [5, 5.41) is 23.5. The molecule has 6 rings (SSSR count). The maximum atomic E-state index is 14.1. The smallest absolute Gasteiger partial charge is 0.338 e. The molecule has 3 heterocycles. The predicted octanol–water partition coefficient (Wildman–Crippen LogP) is 4.14. The summed E-state index contributed by atoms with van der Waals surface area (Å²) < 4.78 is 11.5. The van der Waals surface area contributed by atoms with Gasteiger partial charge in [0.05, 0.1) is 40.8 Å². The van der Waals surface area contributed by atoms with E-state index in [1.54, 1.807) is 13.0 Å². The first-order valence-corrected chi connectivity index (χ1v) is 16.2. The number of aromatic nitrogens is 1. The van der Waals surface area contributed by atoms with Gasteiger partial charge in [0, 0.05) is 28.6 Å². The van der Waals surface area contributed by atoms with Crippen molar-refractivity contribution in [1.82, 2.24) is 4.57 Å². The number of rotatable bonds is 9. The molecule has 1 saturated heterocycles. The molecule has 0 radical (unpaired) electrons. The molecule has 16 heteroatoms. The molecule has 48 heavy (non-hydrogen) atoms. The van der Waals surface area contributed by atoms with E-state index < -0.39 is 57.1 Å². The molecule has 3 amide bonds. The Labute approximate surface area is 280 Å². The lowest BCUT2D eigenvalue weighted by molar-refractivity contribution is -0.384. The van der Waals surface area contributed by atoms with Gasteiger partial charge in [-0.25, -0.2) is 9.69 Å². The molecular weight excluding hydrogens is 665 g/mol. The number of carbonyl (C=O) groups excluding carboxylic acids is 4. The lowest BCUT2D eigenvalue weighted by atomic mass is 9.83. The molecule has 0 saturated carbocycles. The Bertz CT molecular complexity index is 2020. The number of aromatic hydroxyl groups is 1. The minimum Gasteiger partial charge on any atom is -0.504 e. The number of anilines is 2. The number of nitro benzene ring substituents is 1. The number of amides is 3. The third kappa shape index (κ3) is 5.79. The summed E-state index contributed by atoms with van der Waals surface area (Å²) in [4.78, 5) is 78.1. The SMILES string of the molecule is CCOC(=O)c1ccc(NC(=O)Cn2c3c(sc2=O)C(c2ccc(O)c(OC)c2)C2C(=O)N(c4ccc([N+](=O)[O-])cc4)C(=O)C2S3)cc1. The van der Waals surface area contributed by atoms with E-state index in [4.69, 9.17) is 9.47 Å². The number of fused-ring (bicyclic) bond motifs is 2. The van der Waals surface area contributed by atoms with E-state index in [9.17, 15) is 39.2 Å². The van der Waals surface area contributed by atoms with Crippen molar-refractivity contribution in [3.05, 3.63) is 103 Å². The van der Waals surface area contributed by atoms with Crippen molar-refractivity contribution >= 4 is 63.9 Å². The van der Waals surface area contributed by atoms with Crippen LogP contribution in [0.3, 0.4) is 0 Å². The van der Waals surface area contributed by atoms with Crippen LogP contribution in [0.2, 0.25) is 0 Å². The Morgan fingerprint density at radius 3 is 2.38 bits per heavy atom. The molecule has 3 unspecified atom stereocenters. The van der Waals surface area contributed by atoms with Gasteiger partial charge in [0.25, 0.3) is 5.69 Å². The van der Waals surface area contributed by atoms with Crippen molar-refractivity contribution < 1.29 is 38.7 Å². The summed E-state index contributed by atoms with van der Waals surface area (Å²) in [6.07, 6.45) is 0. The number of imide groups is 1. The highest BCUT2D eigenvalue weighted by Crippen LogP contribution is 2.54. The molecule has 3 aromatic carbocycles. The molecule has 0 bridgehead atoms. The third-order valence-corrected chi connectivity index (χ3v) is 10.5. The Morgan fingerprint density at radius 1 is 1.02 bits per heavy atom. The molecule has 1 fully saturated rings.